The van der Waals surface area contributed by atoms with Gasteiger partial charge in [-0.15, -0.1) is 0 Å². The average Bonchev–Trinajstić information content (AvgIpc) is 3.06. The fraction of sp³-hybridized carbons (Fsp3) is 0.278. The molecule has 0 saturated heterocycles. The highest BCUT2D eigenvalue weighted by molar-refractivity contribution is 7.92. The van der Waals surface area contributed by atoms with E-state index in [2.05, 4.69) is 5.32 Å². The van der Waals surface area contributed by atoms with Gasteiger partial charge < -0.3 is 15.0 Å². The Balaban J connectivity index is 1.82. The van der Waals surface area contributed by atoms with Gasteiger partial charge in [0.15, 0.2) is 0 Å². The van der Waals surface area contributed by atoms with Crippen molar-refractivity contribution in [3.63, 3.8) is 0 Å². The molecule has 0 unspecified atom stereocenters. The molecule has 0 aliphatic rings. The van der Waals surface area contributed by atoms with Crippen LogP contribution in [0, 0.1) is 6.92 Å². The molecule has 0 fully saturated rings. The zero-order valence-corrected chi connectivity index (χ0v) is 28.1. The molecule has 10 heteroatoms. The first-order valence-electron chi connectivity index (χ1n) is 15.1. The van der Waals surface area contributed by atoms with E-state index in [4.69, 9.17) is 16.3 Å². The lowest BCUT2D eigenvalue weighted by Crippen LogP contribution is -2.54. The van der Waals surface area contributed by atoms with Crippen molar-refractivity contribution >= 4 is 39.1 Å². The zero-order chi connectivity index (χ0) is 33.3. The molecule has 0 radical (unpaired) electrons. The summed E-state index contributed by atoms with van der Waals surface area (Å²) < 4.78 is 34.7. The van der Waals surface area contributed by atoms with Crippen molar-refractivity contribution in [2.75, 3.05) is 18.0 Å². The maximum absolute atomic E-state index is 14.5. The number of amides is 2. The quantitative estimate of drug-likeness (QED) is 0.169. The molecule has 2 atom stereocenters. The lowest BCUT2D eigenvalue weighted by molar-refractivity contribution is -0.140. The van der Waals surface area contributed by atoms with Gasteiger partial charge in [0, 0.05) is 19.0 Å². The Morgan fingerprint density at radius 2 is 1.50 bits per heavy atom. The van der Waals surface area contributed by atoms with Crippen molar-refractivity contribution in [2.24, 2.45) is 0 Å². The van der Waals surface area contributed by atoms with Gasteiger partial charge >= 0.3 is 0 Å². The smallest absolute Gasteiger partial charge is 0.264 e. The number of sulfonamides is 1. The number of rotatable bonds is 14. The van der Waals surface area contributed by atoms with Crippen LogP contribution in [0.3, 0.4) is 0 Å². The molecule has 46 heavy (non-hydrogen) atoms. The molecule has 0 bridgehead atoms. The molecule has 1 N–H and O–H groups in total. The molecular weight excluding hydrogens is 622 g/mol. The monoisotopic (exact) mass is 661 g/mol. The predicted molar refractivity (Wildman–Crippen MR) is 183 cm³/mol. The average molecular weight is 662 g/mol. The summed E-state index contributed by atoms with van der Waals surface area (Å²) in [4.78, 5) is 29.9. The number of nitrogens with one attached hydrogen (secondary N) is 1. The van der Waals surface area contributed by atoms with E-state index in [-0.39, 0.29) is 40.5 Å². The van der Waals surface area contributed by atoms with Gasteiger partial charge in [-0.3, -0.25) is 13.9 Å². The Morgan fingerprint density at radius 3 is 2.07 bits per heavy atom. The number of methoxy groups -OCH3 is 1. The molecule has 0 aromatic heterocycles. The van der Waals surface area contributed by atoms with E-state index in [1.807, 2.05) is 81.4 Å². The number of carbonyl (C=O) groups excluding carboxylic acids is 2. The van der Waals surface area contributed by atoms with Crippen LogP contribution in [-0.2, 0) is 32.6 Å². The van der Waals surface area contributed by atoms with Gasteiger partial charge in [-0.2, -0.15) is 0 Å². The van der Waals surface area contributed by atoms with Crippen LogP contribution < -0.4 is 14.4 Å². The minimum Gasteiger partial charge on any atom is -0.495 e. The number of hydrogen-bond acceptors (Lipinski definition) is 5. The predicted octanol–water partition coefficient (Wildman–Crippen LogP) is 6.41. The molecule has 242 valence electrons. The summed E-state index contributed by atoms with van der Waals surface area (Å²) in [6.07, 6.45) is 0.942. The van der Waals surface area contributed by atoms with Crippen LogP contribution in [0.25, 0.3) is 0 Å². The SMILES string of the molecule is CC[C@@H](C)NC(=O)[C@H](Cc1ccccc1)N(Cc1ccccc1)C(=O)CN(c1ccc(OC)c(Cl)c1)S(=O)(=O)c1ccc(C)cc1. The van der Waals surface area contributed by atoms with Crippen molar-refractivity contribution < 1.29 is 22.7 Å². The summed E-state index contributed by atoms with van der Waals surface area (Å²) in [6, 6.07) is 28.7. The van der Waals surface area contributed by atoms with Crippen molar-refractivity contribution in [1.82, 2.24) is 10.2 Å². The van der Waals surface area contributed by atoms with Crippen molar-refractivity contribution in [3.8, 4) is 5.75 Å². The van der Waals surface area contributed by atoms with Crippen LogP contribution in [0.2, 0.25) is 5.02 Å². The third-order valence-corrected chi connectivity index (χ3v) is 9.86. The van der Waals surface area contributed by atoms with E-state index in [0.29, 0.717) is 12.2 Å². The summed E-state index contributed by atoms with van der Waals surface area (Å²) >= 11 is 6.45. The normalized spacial score (nSPS) is 12.5. The van der Waals surface area contributed by atoms with Gasteiger partial charge in [-0.05, 0) is 61.7 Å². The van der Waals surface area contributed by atoms with Crippen molar-refractivity contribution in [3.05, 3.63) is 125 Å². The molecule has 0 saturated carbocycles. The fourth-order valence-corrected chi connectivity index (χ4v) is 6.61. The van der Waals surface area contributed by atoms with Gasteiger partial charge in [-0.1, -0.05) is 96.9 Å². The number of halogens is 1. The molecule has 0 aliphatic carbocycles. The Kier molecular flexibility index (Phi) is 11.8. The number of carbonyl (C=O) groups is 2. The standard InChI is InChI=1S/C36H40ClN3O5S/c1-5-27(3)38-36(42)33(22-28-12-8-6-9-13-28)39(24-29-14-10-7-11-15-29)35(41)25-40(30-18-21-34(45-4)32(37)23-30)46(43,44)31-19-16-26(2)17-20-31/h6-21,23,27,33H,5,22,24-25H2,1-4H3,(H,38,42)/t27-,33+/m1/s1. The minimum atomic E-state index is -4.25. The van der Waals surface area contributed by atoms with Crippen LogP contribution in [0.1, 0.15) is 37.0 Å². The second-order valence-corrected chi connectivity index (χ2v) is 13.4. The highest BCUT2D eigenvalue weighted by Crippen LogP contribution is 2.32. The van der Waals surface area contributed by atoms with E-state index in [0.717, 1.165) is 21.0 Å². The summed E-state index contributed by atoms with van der Waals surface area (Å²) in [7, 11) is -2.79. The Morgan fingerprint density at radius 1 is 0.891 bits per heavy atom. The molecular formula is C36H40ClN3O5S. The first-order valence-corrected chi connectivity index (χ1v) is 17.0. The molecule has 0 spiro atoms. The number of nitrogens with zero attached hydrogens (tertiary/aromatic N) is 2. The number of hydrogen-bond donors (Lipinski definition) is 1. The van der Waals surface area contributed by atoms with Crippen LogP contribution in [-0.4, -0.2) is 50.9 Å². The third kappa shape index (κ3) is 8.68. The summed E-state index contributed by atoms with van der Waals surface area (Å²) in [5, 5.41) is 3.23. The Hall–Kier alpha value is -4.34. The molecule has 4 aromatic carbocycles. The number of aryl methyl sites for hydroxylation is 1. The molecule has 0 heterocycles. The maximum Gasteiger partial charge on any atom is 0.264 e. The van der Waals surface area contributed by atoms with Crippen molar-refractivity contribution in [2.45, 2.75) is 57.1 Å². The summed E-state index contributed by atoms with van der Waals surface area (Å²) in [6.45, 7) is 5.25. The number of anilines is 1. The summed E-state index contributed by atoms with van der Waals surface area (Å²) in [5.41, 5.74) is 2.73. The van der Waals surface area contributed by atoms with Crippen LogP contribution in [0.15, 0.2) is 108 Å². The van der Waals surface area contributed by atoms with E-state index < -0.39 is 28.5 Å². The zero-order valence-electron chi connectivity index (χ0n) is 26.5. The van der Waals surface area contributed by atoms with E-state index in [9.17, 15) is 18.0 Å². The fourth-order valence-electron chi connectivity index (χ4n) is 4.95. The van der Waals surface area contributed by atoms with E-state index in [1.54, 1.807) is 24.3 Å². The van der Waals surface area contributed by atoms with Gasteiger partial charge in [0.25, 0.3) is 10.0 Å². The van der Waals surface area contributed by atoms with Gasteiger partial charge in [0.1, 0.15) is 18.3 Å². The highest BCUT2D eigenvalue weighted by Gasteiger charge is 2.35. The first-order chi connectivity index (χ1) is 22.0. The minimum absolute atomic E-state index is 0.0165. The molecule has 2 amide bonds. The largest absolute Gasteiger partial charge is 0.495 e. The molecule has 8 nitrogen and oxygen atoms in total. The number of ether oxygens (including phenoxy) is 1. The topological polar surface area (TPSA) is 96.0 Å². The van der Waals surface area contributed by atoms with Gasteiger partial charge in [0.2, 0.25) is 11.8 Å². The molecule has 0 aliphatic heterocycles. The maximum atomic E-state index is 14.5. The second-order valence-electron chi connectivity index (χ2n) is 11.2. The van der Waals surface area contributed by atoms with E-state index in [1.165, 1.54) is 30.2 Å². The number of benzene rings is 4. The molecule has 4 rings (SSSR count). The first kappa shape index (κ1) is 34.5. The summed E-state index contributed by atoms with van der Waals surface area (Å²) in [5.74, 6) is -0.505. The highest BCUT2D eigenvalue weighted by atomic mass is 35.5. The third-order valence-electron chi connectivity index (χ3n) is 7.78. The molecule has 4 aromatic rings. The van der Waals surface area contributed by atoms with Crippen LogP contribution in [0.5, 0.6) is 5.75 Å². The van der Waals surface area contributed by atoms with Crippen LogP contribution >= 0.6 is 11.6 Å². The Labute approximate surface area is 277 Å². The van der Waals surface area contributed by atoms with Gasteiger partial charge in [-0.25, -0.2) is 8.42 Å². The second kappa shape index (κ2) is 15.8. The van der Waals surface area contributed by atoms with Crippen LogP contribution in [0.4, 0.5) is 5.69 Å². The van der Waals surface area contributed by atoms with E-state index >= 15 is 0 Å². The van der Waals surface area contributed by atoms with Gasteiger partial charge in [0.05, 0.1) is 22.7 Å². The Bertz CT molecular complexity index is 1720. The lowest BCUT2D eigenvalue weighted by atomic mass is 10.0. The lowest BCUT2D eigenvalue weighted by Gasteiger charge is -2.34. The van der Waals surface area contributed by atoms with Crippen molar-refractivity contribution in [1.29, 1.82) is 0 Å².